The largest absolute Gasteiger partial charge is 0.345 e. The van der Waals surface area contributed by atoms with Crippen molar-refractivity contribution in [3.8, 4) is 0 Å². The number of amides is 1. The molecule has 1 heterocycles. The Hall–Kier alpha value is -1.36. The van der Waals surface area contributed by atoms with Gasteiger partial charge in [0.15, 0.2) is 0 Å². The molecule has 0 saturated carbocycles. The van der Waals surface area contributed by atoms with Crippen LogP contribution in [0.3, 0.4) is 0 Å². The lowest BCUT2D eigenvalue weighted by molar-refractivity contribution is 0.0891. The lowest BCUT2D eigenvalue weighted by Gasteiger charge is -2.29. The maximum absolute atomic E-state index is 11.9. The van der Waals surface area contributed by atoms with Gasteiger partial charge in [-0.15, -0.1) is 0 Å². The van der Waals surface area contributed by atoms with E-state index < -0.39 is 0 Å². The summed E-state index contributed by atoms with van der Waals surface area (Å²) in [6, 6.07) is 0. The topological polar surface area (TPSA) is 50.2 Å². The number of hydrogen-bond acceptors (Lipinski definition) is 3. The van der Waals surface area contributed by atoms with Crippen molar-refractivity contribution in [2.24, 2.45) is 7.05 Å². The summed E-state index contributed by atoms with van der Waals surface area (Å²) in [4.78, 5) is 17.9. The second-order valence-corrected chi connectivity index (χ2v) is 4.97. The molecular weight excluding hydrogens is 204 g/mol. The lowest BCUT2D eigenvalue weighted by Crippen LogP contribution is -2.50. The highest BCUT2D eigenvalue weighted by atomic mass is 16.2. The minimum atomic E-state index is -0.259. The molecule has 1 aromatic rings. The number of carbonyl (C=O) groups is 1. The van der Waals surface area contributed by atoms with Gasteiger partial charge in [-0.2, -0.15) is 0 Å². The summed E-state index contributed by atoms with van der Waals surface area (Å²) in [5.41, 5.74) is 0.317. The predicted molar refractivity (Wildman–Crippen MR) is 63.3 cm³/mol. The van der Waals surface area contributed by atoms with Crippen molar-refractivity contribution in [3.63, 3.8) is 0 Å². The van der Waals surface area contributed by atoms with Gasteiger partial charge >= 0.3 is 0 Å². The van der Waals surface area contributed by atoms with Gasteiger partial charge in [-0.05, 0) is 27.9 Å². The molecule has 0 unspecified atom stereocenters. The zero-order valence-corrected chi connectivity index (χ0v) is 10.6. The minimum absolute atomic E-state index is 0.0909. The van der Waals surface area contributed by atoms with E-state index in [9.17, 15) is 4.79 Å². The van der Waals surface area contributed by atoms with Crippen LogP contribution < -0.4 is 5.32 Å². The van der Waals surface area contributed by atoms with Crippen LogP contribution in [0.25, 0.3) is 0 Å². The van der Waals surface area contributed by atoms with E-state index in [-0.39, 0.29) is 11.4 Å². The van der Waals surface area contributed by atoms with Crippen LogP contribution >= 0.6 is 0 Å². The molecule has 0 radical (unpaired) electrons. The van der Waals surface area contributed by atoms with Gasteiger partial charge in [0.05, 0.1) is 12.5 Å². The van der Waals surface area contributed by atoms with Crippen LogP contribution in [0.5, 0.6) is 0 Å². The Bertz CT molecular complexity index is 368. The summed E-state index contributed by atoms with van der Waals surface area (Å²) in [5, 5.41) is 2.99. The number of aromatic nitrogens is 2. The van der Waals surface area contributed by atoms with Crippen molar-refractivity contribution >= 4 is 5.91 Å². The van der Waals surface area contributed by atoms with Crippen LogP contribution in [0.2, 0.25) is 0 Å². The van der Waals surface area contributed by atoms with E-state index in [1.807, 2.05) is 32.8 Å². The molecule has 0 aliphatic rings. The van der Waals surface area contributed by atoms with Crippen LogP contribution in [0.1, 0.15) is 24.3 Å². The summed E-state index contributed by atoms with van der Waals surface area (Å²) < 4.78 is 1.71. The number of imidazole rings is 1. The average Bonchev–Trinajstić information content (AvgIpc) is 2.47. The first-order valence-electron chi connectivity index (χ1n) is 5.25. The van der Waals surface area contributed by atoms with E-state index in [0.29, 0.717) is 5.69 Å². The Morgan fingerprint density at radius 1 is 1.56 bits per heavy atom. The highest BCUT2D eigenvalue weighted by Crippen LogP contribution is 2.06. The molecule has 0 spiro atoms. The SMILES string of the molecule is CN(C)CC(C)(C)NC(=O)c1cncn1C. The van der Waals surface area contributed by atoms with E-state index in [1.54, 1.807) is 24.1 Å². The van der Waals surface area contributed by atoms with E-state index in [1.165, 1.54) is 0 Å². The highest BCUT2D eigenvalue weighted by Gasteiger charge is 2.23. The van der Waals surface area contributed by atoms with Crippen LogP contribution in [0.15, 0.2) is 12.5 Å². The predicted octanol–water partition coefficient (Wildman–Crippen LogP) is 0.490. The summed E-state index contributed by atoms with van der Waals surface area (Å²) in [7, 11) is 5.77. The van der Waals surface area contributed by atoms with Crippen molar-refractivity contribution in [3.05, 3.63) is 18.2 Å². The van der Waals surface area contributed by atoms with Gasteiger partial charge in [-0.3, -0.25) is 4.79 Å². The van der Waals surface area contributed by atoms with Crippen molar-refractivity contribution in [2.75, 3.05) is 20.6 Å². The van der Waals surface area contributed by atoms with Crippen LogP contribution in [0, 0.1) is 0 Å². The van der Waals surface area contributed by atoms with Gasteiger partial charge in [0.2, 0.25) is 0 Å². The first kappa shape index (κ1) is 12.7. The fourth-order valence-corrected chi connectivity index (χ4v) is 1.78. The number of rotatable bonds is 4. The summed E-state index contributed by atoms with van der Waals surface area (Å²) in [6.07, 6.45) is 3.19. The molecule has 0 aliphatic heterocycles. The third-order valence-corrected chi connectivity index (χ3v) is 2.21. The molecule has 0 fully saturated rings. The van der Waals surface area contributed by atoms with Crippen LogP contribution in [0.4, 0.5) is 0 Å². The summed E-state index contributed by atoms with van der Waals surface area (Å²) >= 11 is 0. The molecule has 5 nitrogen and oxygen atoms in total. The van der Waals surface area contributed by atoms with E-state index in [0.717, 1.165) is 6.54 Å². The number of likely N-dealkylation sites (N-methyl/N-ethyl adjacent to an activating group) is 1. The number of carbonyl (C=O) groups excluding carboxylic acids is 1. The molecular formula is C11H20N4O. The number of nitrogens with zero attached hydrogens (tertiary/aromatic N) is 3. The van der Waals surface area contributed by atoms with Crippen LogP contribution in [-0.4, -0.2) is 46.5 Å². The minimum Gasteiger partial charge on any atom is -0.345 e. The summed E-state index contributed by atoms with van der Waals surface area (Å²) in [6.45, 7) is 4.79. The first-order chi connectivity index (χ1) is 7.32. The Morgan fingerprint density at radius 3 is 2.62 bits per heavy atom. The molecule has 0 atom stereocenters. The number of aryl methyl sites for hydroxylation is 1. The molecule has 0 bridgehead atoms. The van der Waals surface area contributed by atoms with Gasteiger partial charge in [0.25, 0.3) is 5.91 Å². The zero-order valence-electron chi connectivity index (χ0n) is 10.6. The van der Waals surface area contributed by atoms with Gasteiger partial charge in [-0.1, -0.05) is 0 Å². The molecule has 1 amide bonds. The fourth-order valence-electron chi connectivity index (χ4n) is 1.78. The second-order valence-electron chi connectivity index (χ2n) is 4.97. The molecule has 0 aliphatic carbocycles. The Kier molecular flexibility index (Phi) is 3.70. The Balaban J connectivity index is 2.68. The quantitative estimate of drug-likeness (QED) is 0.810. The molecule has 1 N–H and O–H groups in total. The van der Waals surface area contributed by atoms with Gasteiger partial charge < -0.3 is 14.8 Å². The van der Waals surface area contributed by atoms with E-state index in [4.69, 9.17) is 0 Å². The van der Waals surface area contributed by atoms with E-state index >= 15 is 0 Å². The normalized spacial score (nSPS) is 11.9. The lowest BCUT2D eigenvalue weighted by atomic mass is 10.1. The Labute approximate surface area is 96.5 Å². The molecule has 1 rings (SSSR count). The smallest absolute Gasteiger partial charge is 0.270 e. The second kappa shape index (κ2) is 4.65. The summed E-state index contributed by atoms with van der Waals surface area (Å²) in [5.74, 6) is -0.0909. The standard InChI is InChI=1S/C11H20N4O/c1-11(2,7-14(3)4)13-10(16)9-6-12-8-15(9)5/h6,8H,7H2,1-5H3,(H,13,16). The zero-order chi connectivity index (χ0) is 12.3. The van der Waals surface area contributed by atoms with Crippen molar-refractivity contribution in [1.82, 2.24) is 19.8 Å². The van der Waals surface area contributed by atoms with Crippen molar-refractivity contribution < 1.29 is 4.79 Å². The van der Waals surface area contributed by atoms with Gasteiger partial charge in [0.1, 0.15) is 5.69 Å². The third-order valence-electron chi connectivity index (χ3n) is 2.21. The highest BCUT2D eigenvalue weighted by molar-refractivity contribution is 5.92. The molecule has 0 aromatic carbocycles. The van der Waals surface area contributed by atoms with Crippen molar-refractivity contribution in [2.45, 2.75) is 19.4 Å². The van der Waals surface area contributed by atoms with E-state index in [2.05, 4.69) is 10.3 Å². The Morgan fingerprint density at radius 2 is 2.19 bits per heavy atom. The molecule has 5 heteroatoms. The van der Waals surface area contributed by atoms with Crippen LogP contribution in [-0.2, 0) is 7.05 Å². The molecule has 1 aromatic heterocycles. The molecule has 16 heavy (non-hydrogen) atoms. The third kappa shape index (κ3) is 3.34. The molecule has 90 valence electrons. The average molecular weight is 224 g/mol. The fraction of sp³-hybridized carbons (Fsp3) is 0.636. The van der Waals surface area contributed by atoms with Crippen molar-refractivity contribution in [1.29, 1.82) is 0 Å². The number of nitrogens with one attached hydrogen (secondary N) is 1. The van der Waals surface area contributed by atoms with Gasteiger partial charge in [-0.25, -0.2) is 4.98 Å². The molecule has 0 saturated heterocycles. The first-order valence-corrected chi connectivity index (χ1v) is 5.25. The monoisotopic (exact) mass is 224 g/mol. The maximum Gasteiger partial charge on any atom is 0.270 e. The maximum atomic E-state index is 11.9. The number of hydrogen-bond donors (Lipinski definition) is 1. The van der Waals surface area contributed by atoms with Gasteiger partial charge in [0, 0.05) is 19.1 Å².